The van der Waals surface area contributed by atoms with E-state index in [9.17, 15) is 4.79 Å². The zero-order chi connectivity index (χ0) is 15.3. The number of carbonyl (C=O) groups is 1. The quantitative estimate of drug-likeness (QED) is 0.688. The number of hydrogen-bond acceptors (Lipinski definition) is 3. The third-order valence-electron chi connectivity index (χ3n) is 4.61. The van der Waals surface area contributed by atoms with Crippen LogP contribution in [0.2, 0.25) is 5.02 Å². The smallest absolute Gasteiger partial charge is 0.197 e. The van der Waals surface area contributed by atoms with Gasteiger partial charge in [-0.1, -0.05) is 17.7 Å². The van der Waals surface area contributed by atoms with Crippen LogP contribution in [-0.2, 0) is 11.2 Å². The van der Waals surface area contributed by atoms with Crippen molar-refractivity contribution in [3.8, 4) is 0 Å². The van der Waals surface area contributed by atoms with E-state index < -0.39 is 0 Å². The molecule has 0 saturated carbocycles. The molecular formula is C17H17ClN2O2. The van der Waals surface area contributed by atoms with Gasteiger partial charge in [0, 0.05) is 23.6 Å². The van der Waals surface area contributed by atoms with Crippen LogP contribution in [0.3, 0.4) is 0 Å². The molecule has 2 aliphatic rings. The Labute approximate surface area is 134 Å². The van der Waals surface area contributed by atoms with Gasteiger partial charge in [0.1, 0.15) is 6.23 Å². The van der Waals surface area contributed by atoms with Crippen molar-refractivity contribution in [3.05, 3.63) is 51.3 Å². The highest BCUT2D eigenvalue weighted by Crippen LogP contribution is 2.35. The summed E-state index contributed by atoms with van der Waals surface area (Å²) in [7, 11) is 0. The summed E-state index contributed by atoms with van der Waals surface area (Å²) in [6.07, 6.45) is 5.42. The Morgan fingerprint density at radius 1 is 1.36 bits per heavy atom. The van der Waals surface area contributed by atoms with Crippen LogP contribution in [0.25, 0.3) is 0 Å². The topological polar surface area (TPSA) is 44.1 Å². The number of fused-ring (bicyclic) bond motifs is 2. The fourth-order valence-corrected chi connectivity index (χ4v) is 3.67. The van der Waals surface area contributed by atoms with E-state index in [1.54, 1.807) is 6.20 Å². The Kier molecular flexibility index (Phi) is 3.31. The minimum Gasteiger partial charge on any atom is -0.357 e. The predicted molar refractivity (Wildman–Crippen MR) is 83.5 cm³/mol. The number of aromatic nitrogens is 2. The molecule has 22 heavy (non-hydrogen) atoms. The predicted octanol–water partition coefficient (Wildman–Crippen LogP) is 3.68. The first kappa shape index (κ1) is 14.0. The molecule has 1 aromatic carbocycles. The average molecular weight is 317 g/mol. The zero-order valence-electron chi connectivity index (χ0n) is 12.4. The molecule has 0 spiro atoms. The molecule has 2 aromatic rings. The number of carbonyl (C=O) groups excluding carboxylic acids is 1. The standard InChI is InChI=1S/C17H17ClN2O2/c1-10-5-6-13(18)11-8-14-12(17(21)16(10)11)9-19-20(14)15-4-2-3-7-22-15/h5-6,9,15H,2-4,7-8H2,1H3. The van der Waals surface area contributed by atoms with Crippen LogP contribution >= 0.6 is 11.6 Å². The average Bonchev–Trinajstić information content (AvgIpc) is 2.96. The van der Waals surface area contributed by atoms with Crippen molar-refractivity contribution >= 4 is 17.4 Å². The normalized spacial score (nSPS) is 20.6. The van der Waals surface area contributed by atoms with Gasteiger partial charge in [-0.05, 0) is 43.4 Å². The van der Waals surface area contributed by atoms with E-state index in [0.717, 1.165) is 48.3 Å². The number of aryl methyl sites for hydroxylation is 1. The number of rotatable bonds is 1. The maximum absolute atomic E-state index is 12.8. The first-order valence-corrected chi connectivity index (χ1v) is 8.05. The monoisotopic (exact) mass is 316 g/mol. The number of hydrogen-bond donors (Lipinski definition) is 0. The first-order chi connectivity index (χ1) is 10.7. The molecule has 0 N–H and O–H groups in total. The van der Waals surface area contributed by atoms with Crippen LogP contribution in [0.4, 0.5) is 0 Å². The van der Waals surface area contributed by atoms with Gasteiger partial charge in [-0.25, -0.2) is 4.68 Å². The third-order valence-corrected chi connectivity index (χ3v) is 4.96. The van der Waals surface area contributed by atoms with E-state index in [2.05, 4.69) is 5.10 Å². The van der Waals surface area contributed by atoms with Gasteiger partial charge in [-0.15, -0.1) is 0 Å². The Morgan fingerprint density at radius 2 is 2.23 bits per heavy atom. The second-order valence-corrected chi connectivity index (χ2v) is 6.40. The maximum Gasteiger partial charge on any atom is 0.197 e. The molecule has 5 heteroatoms. The van der Waals surface area contributed by atoms with E-state index in [1.165, 1.54) is 0 Å². The summed E-state index contributed by atoms with van der Waals surface area (Å²) in [6.45, 7) is 2.70. The largest absolute Gasteiger partial charge is 0.357 e. The third kappa shape index (κ3) is 2.02. The van der Waals surface area contributed by atoms with Crippen LogP contribution in [0, 0.1) is 6.92 Å². The van der Waals surface area contributed by atoms with Crippen molar-refractivity contribution in [2.24, 2.45) is 0 Å². The molecule has 1 unspecified atom stereocenters. The van der Waals surface area contributed by atoms with E-state index in [1.807, 2.05) is 23.7 Å². The SMILES string of the molecule is Cc1ccc(Cl)c2c1C(=O)c1cnn(C3CCCCO3)c1C2. The lowest BCUT2D eigenvalue weighted by atomic mass is 9.86. The van der Waals surface area contributed by atoms with Gasteiger partial charge in [-0.3, -0.25) is 4.79 Å². The highest BCUT2D eigenvalue weighted by molar-refractivity contribution is 6.32. The molecule has 114 valence electrons. The molecule has 4 rings (SSSR count). The molecule has 1 fully saturated rings. The van der Waals surface area contributed by atoms with Gasteiger partial charge in [0.15, 0.2) is 5.78 Å². The van der Waals surface area contributed by atoms with Crippen LogP contribution in [-0.4, -0.2) is 22.2 Å². The second kappa shape index (κ2) is 5.21. The van der Waals surface area contributed by atoms with E-state index in [-0.39, 0.29) is 12.0 Å². The van der Waals surface area contributed by atoms with Crippen LogP contribution < -0.4 is 0 Å². The molecule has 0 amide bonds. The van der Waals surface area contributed by atoms with Gasteiger partial charge in [0.05, 0.1) is 17.5 Å². The summed E-state index contributed by atoms with van der Waals surface area (Å²) in [6, 6.07) is 3.77. The van der Waals surface area contributed by atoms with Crippen molar-refractivity contribution < 1.29 is 9.53 Å². The Hall–Kier alpha value is -1.65. The van der Waals surface area contributed by atoms with Crippen LogP contribution in [0.15, 0.2) is 18.3 Å². The zero-order valence-corrected chi connectivity index (χ0v) is 13.2. The lowest BCUT2D eigenvalue weighted by Crippen LogP contribution is -2.24. The first-order valence-electron chi connectivity index (χ1n) is 7.67. The minimum atomic E-state index is -0.0598. The van der Waals surface area contributed by atoms with Crippen LogP contribution in [0.1, 0.15) is 58.2 Å². The van der Waals surface area contributed by atoms with Gasteiger partial charge in [-0.2, -0.15) is 5.10 Å². The van der Waals surface area contributed by atoms with Crippen molar-refractivity contribution in [3.63, 3.8) is 0 Å². The fraction of sp³-hybridized carbons (Fsp3) is 0.412. The maximum atomic E-state index is 12.8. The molecule has 2 heterocycles. The number of ether oxygens (including phenoxy) is 1. The summed E-state index contributed by atoms with van der Waals surface area (Å²) >= 11 is 6.34. The number of halogens is 1. The number of benzene rings is 1. The summed E-state index contributed by atoms with van der Waals surface area (Å²) in [5, 5.41) is 5.09. The van der Waals surface area contributed by atoms with E-state index in [4.69, 9.17) is 16.3 Å². The van der Waals surface area contributed by atoms with Crippen LogP contribution in [0.5, 0.6) is 0 Å². The molecule has 4 nitrogen and oxygen atoms in total. The highest BCUT2D eigenvalue weighted by atomic mass is 35.5. The lowest BCUT2D eigenvalue weighted by molar-refractivity contribution is -0.0409. The van der Waals surface area contributed by atoms with Gasteiger partial charge in [0.2, 0.25) is 0 Å². The number of ketones is 1. The molecule has 1 aliphatic carbocycles. The second-order valence-electron chi connectivity index (χ2n) is 5.99. The minimum absolute atomic E-state index is 0.0262. The summed E-state index contributed by atoms with van der Waals surface area (Å²) in [5.41, 5.74) is 4.24. The molecule has 1 saturated heterocycles. The number of nitrogens with zero attached hydrogens (tertiary/aromatic N) is 2. The Morgan fingerprint density at radius 3 is 3.00 bits per heavy atom. The van der Waals surface area contributed by atoms with Crippen molar-refractivity contribution in [2.45, 2.75) is 38.8 Å². The highest BCUT2D eigenvalue weighted by Gasteiger charge is 2.32. The van der Waals surface area contributed by atoms with Crippen molar-refractivity contribution in [1.82, 2.24) is 9.78 Å². The molecule has 0 radical (unpaired) electrons. The van der Waals surface area contributed by atoms with E-state index in [0.29, 0.717) is 17.0 Å². The van der Waals surface area contributed by atoms with Gasteiger partial charge >= 0.3 is 0 Å². The van der Waals surface area contributed by atoms with Gasteiger partial charge in [0.25, 0.3) is 0 Å². The van der Waals surface area contributed by atoms with E-state index >= 15 is 0 Å². The Bertz CT molecular complexity index is 760. The summed E-state index contributed by atoms with van der Waals surface area (Å²) in [5.74, 6) is 0.0262. The summed E-state index contributed by atoms with van der Waals surface area (Å²) < 4.78 is 7.70. The molecule has 1 aliphatic heterocycles. The molecule has 1 atom stereocenters. The van der Waals surface area contributed by atoms with Crippen molar-refractivity contribution in [2.75, 3.05) is 6.61 Å². The fourth-order valence-electron chi connectivity index (χ4n) is 3.45. The lowest BCUT2D eigenvalue weighted by Gasteiger charge is -2.26. The molecular weight excluding hydrogens is 300 g/mol. The Balaban J connectivity index is 1.81. The summed E-state index contributed by atoms with van der Waals surface area (Å²) in [4.78, 5) is 12.8. The molecule has 1 aromatic heterocycles. The van der Waals surface area contributed by atoms with Crippen molar-refractivity contribution in [1.29, 1.82) is 0 Å². The van der Waals surface area contributed by atoms with Gasteiger partial charge < -0.3 is 4.74 Å². The molecule has 0 bridgehead atoms.